The molecule has 1 N–H and O–H groups in total. The molecule has 3 rings (SSSR count). The maximum absolute atomic E-state index is 12.1. The number of hydrogen-bond donors (Lipinski definition) is 1. The molecule has 1 atom stereocenters. The van der Waals surface area contributed by atoms with Crippen molar-refractivity contribution < 1.29 is 4.79 Å². The van der Waals surface area contributed by atoms with Crippen LogP contribution in [0.4, 0.5) is 0 Å². The number of rotatable bonds is 5. The number of nitrogens with one attached hydrogen (secondary N) is 1. The topological polar surface area (TPSA) is 96.5 Å². The standard InChI is InChI=1S/C16H18N6O/c1-11-3-5-12(6-4-11)15-19-21-22(20-15)9-14(23)18-16(2,10-17)13-7-8-13/h3-6,13H,7-9H2,1-2H3,(H,18,23)/t16-/m1/s1. The van der Waals surface area contributed by atoms with E-state index in [9.17, 15) is 10.1 Å². The molecule has 1 aromatic carbocycles. The SMILES string of the molecule is Cc1ccc(-c2nnn(CC(=O)N[C@](C)(C#N)C3CC3)n2)cc1. The Balaban J connectivity index is 1.66. The van der Waals surface area contributed by atoms with Crippen molar-refractivity contribution in [3.8, 4) is 17.5 Å². The zero-order chi connectivity index (χ0) is 16.4. The summed E-state index contributed by atoms with van der Waals surface area (Å²) >= 11 is 0. The quantitative estimate of drug-likeness (QED) is 0.901. The van der Waals surface area contributed by atoms with Crippen molar-refractivity contribution in [2.45, 2.75) is 38.8 Å². The van der Waals surface area contributed by atoms with Crippen LogP contribution in [0.2, 0.25) is 0 Å². The van der Waals surface area contributed by atoms with Crippen LogP contribution in [-0.4, -0.2) is 31.7 Å². The molecule has 23 heavy (non-hydrogen) atoms. The molecule has 0 radical (unpaired) electrons. The van der Waals surface area contributed by atoms with E-state index in [0.717, 1.165) is 24.0 Å². The van der Waals surface area contributed by atoms with Crippen molar-refractivity contribution in [3.05, 3.63) is 29.8 Å². The van der Waals surface area contributed by atoms with E-state index in [1.807, 2.05) is 31.2 Å². The molecule has 1 amide bonds. The minimum atomic E-state index is -0.808. The largest absolute Gasteiger partial charge is 0.336 e. The number of aryl methyl sites for hydroxylation is 1. The van der Waals surface area contributed by atoms with Gasteiger partial charge >= 0.3 is 0 Å². The van der Waals surface area contributed by atoms with Crippen LogP contribution in [0.5, 0.6) is 0 Å². The Labute approximate surface area is 134 Å². The van der Waals surface area contributed by atoms with Crippen molar-refractivity contribution in [2.75, 3.05) is 0 Å². The number of nitrogens with zero attached hydrogens (tertiary/aromatic N) is 5. The fourth-order valence-corrected chi connectivity index (χ4v) is 2.47. The van der Waals surface area contributed by atoms with Crippen LogP contribution in [0.1, 0.15) is 25.3 Å². The molecule has 7 heteroatoms. The summed E-state index contributed by atoms with van der Waals surface area (Å²) in [5, 5.41) is 24.1. The third-order valence-corrected chi connectivity index (χ3v) is 4.07. The van der Waals surface area contributed by atoms with Crippen molar-refractivity contribution in [2.24, 2.45) is 5.92 Å². The monoisotopic (exact) mass is 310 g/mol. The van der Waals surface area contributed by atoms with Gasteiger partial charge in [0.1, 0.15) is 12.1 Å². The molecule has 1 aliphatic rings. The molecular weight excluding hydrogens is 292 g/mol. The van der Waals surface area contributed by atoms with Crippen LogP contribution in [0.15, 0.2) is 24.3 Å². The number of hydrogen-bond acceptors (Lipinski definition) is 5. The summed E-state index contributed by atoms with van der Waals surface area (Å²) in [7, 11) is 0. The molecule has 1 saturated carbocycles. The second-order valence-corrected chi connectivity index (χ2v) is 6.15. The van der Waals surface area contributed by atoms with Gasteiger partial charge < -0.3 is 5.32 Å². The molecule has 0 bridgehead atoms. The summed E-state index contributed by atoms with van der Waals surface area (Å²) in [6.07, 6.45) is 1.95. The number of nitriles is 1. The second kappa shape index (κ2) is 5.80. The zero-order valence-electron chi connectivity index (χ0n) is 13.2. The highest BCUT2D eigenvalue weighted by Crippen LogP contribution is 2.39. The van der Waals surface area contributed by atoms with Crippen molar-refractivity contribution >= 4 is 5.91 Å². The molecule has 1 fully saturated rings. The number of tetrazole rings is 1. The molecule has 2 aromatic rings. The maximum Gasteiger partial charge on any atom is 0.244 e. The first-order valence-corrected chi connectivity index (χ1v) is 7.57. The number of carbonyl (C=O) groups is 1. The van der Waals surface area contributed by atoms with E-state index in [0.29, 0.717) is 5.82 Å². The minimum Gasteiger partial charge on any atom is -0.336 e. The number of aromatic nitrogens is 4. The first-order chi connectivity index (χ1) is 11.0. The van der Waals surface area contributed by atoms with Gasteiger partial charge in [-0.3, -0.25) is 4.79 Å². The molecule has 118 valence electrons. The Hall–Kier alpha value is -2.75. The van der Waals surface area contributed by atoms with E-state index in [-0.39, 0.29) is 18.4 Å². The van der Waals surface area contributed by atoms with Gasteiger partial charge in [-0.15, -0.1) is 10.2 Å². The molecular formula is C16H18N6O. The van der Waals surface area contributed by atoms with E-state index < -0.39 is 5.54 Å². The van der Waals surface area contributed by atoms with Crippen LogP contribution in [0, 0.1) is 24.2 Å². The van der Waals surface area contributed by atoms with Gasteiger partial charge in [-0.25, -0.2) is 0 Å². The van der Waals surface area contributed by atoms with E-state index in [2.05, 4.69) is 26.8 Å². The van der Waals surface area contributed by atoms with Crippen molar-refractivity contribution in [1.29, 1.82) is 5.26 Å². The Morgan fingerprint density at radius 2 is 2.13 bits per heavy atom. The predicted octanol–water partition coefficient (Wildman–Crippen LogP) is 1.46. The second-order valence-electron chi connectivity index (χ2n) is 6.15. The average molecular weight is 310 g/mol. The minimum absolute atomic E-state index is 0.0527. The first-order valence-electron chi connectivity index (χ1n) is 7.57. The molecule has 1 heterocycles. The molecule has 0 aliphatic heterocycles. The summed E-state index contributed by atoms with van der Waals surface area (Å²) in [4.78, 5) is 13.4. The average Bonchev–Trinajstić information content (AvgIpc) is 3.29. The van der Waals surface area contributed by atoms with Crippen LogP contribution < -0.4 is 5.32 Å². The Morgan fingerprint density at radius 3 is 2.74 bits per heavy atom. The zero-order valence-corrected chi connectivity index (χ0v) is 13.2. The summed E-state index contributed by atoms with van der Waals surface area (Å²) in [5.74, 6) is 0.431. The molecule has 7 nitrogen and oxygen atoms in total. The van der Waals surface area contributed by atoms with Crippen LogP contribution >= 0.6 is 0 Å². The van der Waals surface area contributed by atoms with Gasteiger partial charge in [-0.1, -0.05) is 29.8 Å². The Kier molecular flexibility index (Phi) is 3.82. The van der Waals surface area contributed by atoms with Crippen molar-refractivity contribution in [1.82, 2.24) is 25.5 Å². The van der Waals surface area contributed by atoms with Gasteiger partial charge in [0.15, 0.2) is 0 Å². The van der Waals surface area contributed by atoms with Crippen LogP contribution in [0.3, 0.4) is 0 Å². The summed E-state index contributed by atoms with van der Waals surface area (Å²) < 4.78 is 0. The van der Waals surface area contributed by atoms with Gasteiger partial charge in [0.05, 0.1) is 6.07 Å². The summed E-state index contributed by atoms with van der Waals surface area (Å²) in [6, 6.07) is 9.96. The normalized spacial score (nSPS) is 16.4. The molecule has 0 saturated heterocycles. The molecule has 0 spiro atoms. The van der Waals surface area contributed by atoms with Gasteiger partial charge in [0.2, 0.25) is 11.7 Å². The van der Waals surface area contributed by atoms with Crippen LogP contribution in [-0.2, 0) is 11.3 Å². The third kappa shape index (κ3) is 3.37. The van der Waals surface area contributed by atoms with Gasteiger partial charge in [-0.2, -0.15) is 10.1 Å². The Morgan fingerprint density at radius 1 is 1.43 bits per heavy atom. The van der Waals surface area contributed by atoms with Crippen LogP contribution in [0.25, 0.3) is 11.4 Å². The number of carbonyl (C=O) groups excluding carboxylic acids is 1. The molecule has 1 aromatic heterocycles. The fourth-order valence-electron chi connectivity index (χ4n) is 2.47. The predicted molar refractivity (Wildman–Crippen MR) is 82.9 cm³/mol. The first kappa shape index (κ1) is 15.2. The summed E-state index contributed by atoms with van der Waals surface area (Å²) in [6.45, 7) is 3.71. The maximum atomic E-state index is 12.1. The highest BCUT2D eigenvalue weighted by Gasteiger charge is 2.43. The van der Waals surface area contributed by atoms with Crippen molar-refractivity contribution in [3.63, 3.8) is 0 Å². The van der Waals surface area contributed by atoms with E-state index >= 15 is 0 Å². The van der Waals surface area contributed by atoms with E-state index in [1.165, 1.54) is 4.80 Å². The number of benzene rings is 1. The van der Waals surface area contributed by atoms with Gasteiger partial charge in [-0.05, 0) is 37.8 Å². The third-order valence-electron chi connectivity index (χ3n) is 4.07. The lowest BCUT2D eigenvalue weighted by atomic mass is 9.98. The molecule has 1 aliphatic carbocycles. The lowest BCUT2D eigenvalue weighted by molar-refractivity contribution is -0.123. The van der Waals surface area contributed by atoms with E-state index in [4.69, 9.17) is 0 Å². The summed E-state index contributed by atoms with van der Waals surface area (Å²) in [5.41, 5.74) is 1.19. The van der Waals surface area contributed by atoms with Gasteiger partial charge in [0.25, 0.3) is 0 Å². The lowest BCUT2D eigenvalue weighted by Crippen LogP contribution is -2.48. The van der Waals surface area contributed by atoms with E-state index in [1.54, 1.807) is 6.92 Å². The highest BCUT2D eigenvalue weighted by atomic mass is 16.2. The lowest BCUT2D eigenvalue weighted by Gasteiger charge is -2.22. The van der Waals surface area contributed by atoms with Gasteiger partial charge in [0, 0.05) is 5.56 Å². The highest BCUT2D eigenvalue weighted by molar-refractivity contribution is 5.77. The number of amides is 1. The fraction of sp³-hybridized carbons (Fsp3) is 0.438. The Bertz CT molecular complexity index is 756. The molecule has 0 unspecified atom stereocenters. The smallest absolute Gasteiger partial charge is 0.244 e.